The third-order valence-electron chi connectivity index (χ3n) is 3.22. The molecule has 0 spiro atoms. The van der Waals surface area contributed by atoms with Crippen LogP contribution in [-0.4, -0.2) is 26.0 Å². The van der Waals surface area contributed by atoms with Crippen molar-refractivity contribution in [1.82, 2.24) is 4.72 Å². The summed E-state index contributed by atoms with van der Waals surface area (Å²) < 4.78 is 39.4. The zero-order valence-electron chi connectivity index (χ0n) is 12.1. The molecule has 0 saturated carbocycles. The number of carboxylic acid groups (broad SMARTS) is 1. The van der Waals surface area contributed by atoms with E-state index in [1.165, 1.54) is 18.2 Å². The van der Waals surface area contributed by atoms with Crippen molar-refractivity contribution in [2.75, 3.05) is 6.54 Å². The summed E-state index contributed by atoms with van der Waals surface area (Å²) in [6.45, 7) is 3.93. The normalized spacial score (nSPS) is 12.3. The fraction of sp³-hybridized carbons (Fsp3) is 0.500. The van der Waals surface area contributed by atoms with Gasteiger partial charge in [-0.25, -0.2) is 17.5 Å². The minimum Gasteiger partial charge on any atom is -0.481 e. The topological polar surface area (TPSA) is 83.5 Å². The van der Waals surface area contributed by atoms with Gasteiger partial charge in [-0.15, -0.1) is 0 Å². The molecule has 0 aliphatic rings. The number of carbonyl (C=O) groups is 1. The van der Waals surface area contributed by atoms with E-state index in [2.05, 4.69) is 4.72 Å². The Morgan fingerprint density at radius 2 is 2.00 bits per heavy atom. The summed E-state index contributed by atoms with van der Waals surface area (Å²) in [6, 6.07) is 4.79. The van der Waals surface area contributed by atoms with Gasteiger partial charge in [-0.1, -0.05) is 19.9 Å². The predicted molar refractivity (Wildman–Crippen MR) is 76.9 cm³/mol. The first kappa shape index (κ1) is 17.6. The molecule has 0 unspecified atom stereocenters. The monoisotopic (exact) mass is 317 g/mol. The molecule has 21 heavy (non-hydrogen) atoms. The largest absolute Gasteiger partial charge is 0.481 e. The lowest BCUT2D eigenvalue weighted by Gasteiger charge is -2.23. The second-order valence-corrected chi connectivity index (χ2v) is 7.43. The highest BCUT2D eigenvalue weighted by atomic mass is 32.2. The number of sulfonamides is 1. The molecule has 118 valence electrons. The molecule has 1 aromatic carbocycles. The molecule has 7 heteroatoms. The summed E-state index contributed by atoms with van der Waals surface area (Å²) in [5.74, 6) is -1.48. The number of carboxylic acids is 1. The Kier molecular flexibility index (Phi) is 5.86. The molecular formula is C14H20FNO4S. The highest BCUT2D eigenvalue weighted by Gasteiger charge is 2.21. The average Bonchev–Trinajstić information content (AvgIpc) is 2.36. The van der Waals surface area contributed by atoms with Crippen LogP contribution in [0, 0.1) is 11.2 Å². The highest BCUT2D eigenvalue weighted by Crippen LogP contribution is 2.26. The molecule has 0 heterocycles. The van der Waals surface area contributed by atoms with Crippen molar-refractivity contribution in [1.29, 1.82) is 0 Å². The fourth-order valence-corrected chi connectivity index (χ4v) is 2.87. The van der Waals surface area contributed by atoms with Crippen molar-refractivity contribution in [2.24, 2.45) is 5.41 Å². The molecule has 0 atom stereocenters. The van der Waals surface area contributed by atoms with Crippen molar-refractivity contribution < 1.29 is 22.7 Å². The van der Waals surface area contributed by atoms with Gasteiger partial charge < -0.3 is 5.11 Å². The minimum absolute atomic E-state index is 0.0453. The molecule has 1 rings (SSSR count). The lowest BCUT2D eigenvalue weighted by atomic mass is 9.84. The maximum Gasteiger partial charge on any atom is 0.303 e. The Balaban J connectivity index is 2.56. The fourth-order valence-electron chi connectivity index (χ4n) is 1.81. The molecule has 0 fully saturated rings. The molecule has 0 aliphatic heterocycles. The van der Waals surface area contributed by atoms with Crippen LogP contribution in [0.3, 0.4) is 0 Å². The molecule has 2 N–H and O–H groups in total. The van der Waals surface area contributed by atoms with Crippen molar-refractivity contribution in [3.8, 4) is 0 Å². The number of aliphatic carboxylic acids is 1. The van der Waals surface area contributed by atoms with Crippen LogP contribution < -0.4 is 4.72 Å². The molecule has 0 amide bonds. The van der Waals surface area contributed by atoms with Gasteiger partial charge in [0.25, 0.3) is 0 Å². The summed E-state index contributed by atoms with van der Waals surface area (Å²) in [5, 5.41) is 8.66. The summed E-state index contributed by atoms with van der Waals surface area (Å²) in [4.78, 5) is 10.4. The van der Waals surface area contributed by atoms with Gasteiger partial charge >= 0.3 is 5.97 Å². The third kappa shape index (κ3) is 6.22. The number of benzene rings is 1. The second-order valence-electron chi connectivity index (χ2n) is 5.66. The van der Waals surface area contributed by atoms with Crippen molar-refractivity contribution >= 4 is 16.0 Å². The second kappa shape index (κ2) is 7.00. The summed E-state index contributed by atoms with van der Waals surface area (Å²) in [7, 11) is -3.74. The molecule has 1 aromatic rings. The molecule has 0 radical (unpaired) electrons. The van der Waals surface area contributed by atoms with Gasteiger partial charge in [0.05, 0.1) is 4.90 Å². The molecule has 0 saturated heterocycles. The third-order valence-corrected chi connectivity index (χ3v) is 4.67. The number of nitrogens with one attached hydrogen (secondary N) is 1. The van der Waals surface area contributed by atoms with Crippen LogP contribution >= 0.6 is 0 Å². The maximum absolute atomic E-state index is 13.0. The summed E-state index contributed by atoms with van der Waals surface area (Å²) in [6.07, 6.45) is 1.00. The number of halogens is 1. The van der Waals surface area contributed by atoms with E-state index >= 15 is 0 Å². The highest BCUT2D eigenvalue weighted by molar-refractivity contribution is 7.89. The van der Waals surface area contributed by atoms with Crippen molar-refractivity contribution in [2.45, 2.75) is 38.0 Å². The first-order valence-electron chi connectivity index (χ1n) is 6.59. The molecule has 0 bridgehead atoms. The Hall–Kier alpha value is -1.47. The summed E-state index contributed by atoms with van der Waals surface area (Å²) in [5.41, 5.74) is -0.289. The lowest BCUT2D eigenvalue weighted by molar-refractivity contribution is -0.137. The zero-order chi connectivity index (χ0) is 16.1. The van der Waals surface area contributed by atoms with Crippen LogP contribution in [0.1, 0.15) is 33.1 Å². The van der Waals surface area contributed by atoms with Gasteiger partial charge in [-0.2, -0.15) is 0 Å². The zero-order valence-corrected chi connectivity index (χ0v) is 12.9. The number of hydrogen-bond donors (Lipinski definition) is 2. The first-order valence-corrected chi connectivity index (χ1v) is 8.08. The Labute approximate surface area is 124 Å². The van der Waals surface area contributed by atoms with E-state index in [0.29, 0.717) is 12.8 Å². The van der Waals surface area contributed by atoms with Gasteiger partial charge in [-0.3, -0.25) is 4.79 Å². The standard InChI is InChI=1S/C14H20FNO4S/c1-14(2,7-6-13(17)18)8-9-16-21(19,20)12-5-3-4-11(15)10-12/h3-5,10,16H,6-9H2,1-2H3,(H,17,18). The van der Waals surface area contributed by atoms with E-state index in [0.717, 1.165) is 6.07 Å². The SMILES string of the molecule is CC(C)(CCNS(=O)(=O)c1cccc(F)c1)CCC(=O)O. The van der Waals surface area contributed by atoms with E-state index in [1.807, 2.05) is 13.8 Å². The quantitative estimate of drug-likeness (QED) is 0.771. The van der Waals surface area contributed by atoms with Crippen LogP contribution in [0.5, 0.6) is 0 Å². The van der Waals surface area contributed by atoms with Gasteiger partial charge in [0.15, 0.2) is 0 Å². The van der Waals surface area contributed by atoms with E-state index in [-0.39, 0.29) is 23.3 Å². The van der Waals surface area contributed by atoms with E-state index in [4.69, 9.17) is 5.11 Å². The molecular weight excluding hydrogens is 297 g/mol. The molecule has 5 nitrogen and oxygen atoms in total. The van der Waals surface area contributed by atoms with E-state index in [9.17, 15) is 17.6 Å². The van der Waals surface area contributed by atoms with Gasteiger partial charge in [0, 0.05) is 13.0 Å². The van der Waals surface area contributed by atoms with Gasteiger partial charge in [-0.05, 0) is 36.5 Å². The van der Waals surface area contributed by atoms with Crippen molar-refractivity contribution in [3.05, 3.63) is 30.1 Å². The lowest BCUT2D eigenvalue weighted by Crippen LogP contribution is -2.28. The summed E-state index contributed by atoms with van der Waals surface area (Å²) >= 11 is 0. The Morgan fingerprint density at radius 3 is 2.57 bits per heavy atom. The maximum atomic E-state index is 13.0. The van der Waals surface area contributed by atoms with Crippen LogP contribution in [0.15, 0.2) is 29.2 Å². The minimum atomic E-state index is -3.74. The van der Waals surface area contributed by atoms with E-state index in [1.54, 1.807) is 0 Å². The predicted octanol–water partition coefficient (Wildman–Crippen LogP) is 2.39. The smallest absolute Gasteiger partial charge is 0.303 e. The Bertz CT molecular complexity index is 599. The van der Waals surface area contributed by atoms with E-state index < -0.39 is 21.8 Å². The average molecular weight is 317 g/mol. The number of rotatable bonds is 8. The molecule has 0 aliphatic carbocycles. The Morgan fingerprint density at radius 1 is 1.33 bits per heavy atom. The van der Waals surface area contributed by atoms with Crippen LogP contribution in [0.2, 0.25) is 0 Å². The van der Waals surface area contributed by atoms with Crippen LogP contribution in [-0.2, 0) is 14.8 Å². The first-order chi connectivity index (χ1) is 9.62. The van der Waals surface area contributed by atoms with Crippen LogP contribution in [0.25, 0.3) is 0 Å². The molecule has 0 aromatic heterocycles. The number of hydrogen-bond acceptors (Lipinski definition) is 3. The van der Waals surface area contributed by atoms with Crippen LogP contribution in [0.4, 0.5) is 4.39 Å². The van der Waals surface area contributed by atoms with Gasteiger partial charge in [0.1, 0.15) is 5.82 Å². The van der Waals surface area contributed by atoms with Crippen molar-refractivity contribution in [3.63, 3.8) is 0 Å². The van der Waals surface area contributed by atoms with Gasteiger partial charge in [0.2, 0.25) is 10.0 Å².